The Balaban J connectivity index is 1.35. The normalized spacial score (nSPS) is 36.7. The van der Waals surface area contributed by atoms with E-state index in [1.54, 1.807) is 0 Å². The lowest BCUT2D eigenvalue weighted by molar-refractivity contribution is -0.128. The average Bonchev–Trinajstić information content (AvgIpc) is 3.03. The van der Waals surface area contributed by atoms with Gasteiger partial charge in [-0.05, 0) is 66.7 Å². The van der Waals surface area contributed by atoms with E-state index < -0.39 is 5.66 Å². The van der Waals surface area contributed by atoms with Gasteiger partial charge in [-0.15, -0.1) is 10.2 Å². The van der Waals surface area contributed by atoms with Crippen molar-refractivity contribution in [3.05, 3.63) is 35.9 Å². The fourth-order valence-corrected chi connectivity index (χ4v) is 6.03. The van der Waals surface area contributed by atoms with Gasteiger partial charge >= 0.3 is 0 Å². The number of carbonyl (C=O) groups excluding carboxylic acids is 1. The molecule has 0 unspecified atom stereocenters. The third-order valence-electron chi connectivity index (χ3n) is 6.55. The number of nitrogens with one attached hydrogen (secondary N) is 1. The van der Waals surface area contributed by atoms with E-state index in [4.69, 9.17) is 0 Å². The molecule has 25 heavy (non-hydrogen) atoms. The van der Waals surface area contributed by atoms with Crippen molar-refractivity contribution in [1.82, 2.24) is 5.32 Å². The SMILES string of the molecule is O=C(CC1(c2ccccc2)N=NN=N1)NC12CC3CC(CC(C3)C1)C2. The minimum atomic E-state index is -0.992. The van der Waals surface area contributed by atoms with Crippen LogP contribution in [-0.2, 0) is 10.5 Å². The van der Waals surface area contributed by atoms with Crippen LogP contribution in [0.2, 0.25) is 0 Å². The van der Waals surface area contributed by atoms with Crippen LogP contribution in [0.25, 0.3) is 0 Å². The number of hydrogen-bond donors (Lipinski definition) is 1. The second-order valence-corrected chi connectivity index (χ2v) is 8.48. The lowest BCUT2D eigenvalue weighted by atomic mass is 9.53. The topological polar surface area (TPSA) is 78.5 Å². The van der Waals surface area contributed by atoms with Crippen molar-refractivity contribution in [2.45, 2.75) is 56.1 Å². The van der Waals surface area contributed by atoms with Gasteiger partial charge in [0.2, 0.25) is 11.6 Å². The Morgan fingerprint density at radius 1 is 0.960 bits per heavy atom. The Morgan fingerprint density at radius 2 is 1.52 bits per heavy atom. The molecule has 0 saturated heterocycles. The molecular weight excluding hydrogens is 314 g/mol. The van der Waals surface area contributed by atoms with Gasteiger partial charge in [-0.25, -0.2) is 0 Å². The number of rotatable bonds is 4. The van der Waals surface area contributed by atoms with Crippen molar-refractivity contribution in [3.63, 3.8) is 0 Å². The van der Waals surface area contributed by atoms with Crippen molar-refractivity contribution in [1.29, 1.82) is 0 Å². The maximum atomic E-state index is 12.9. The van der Waals surface area contributed by atoms with E-state index in [-0.39, 0.29) is 17.9 Å². The molecule has 0 aromatic heterocycles. The van der Waals surface area contributed by atoms with Crippen molar-refractivity contribution in [2.24, 2.45) is 38.4 Å². The minimum Gasteiger partial charge on any atom is -0.350 e. The highest BCUT2D eigenvalue weighted by atomic mass is 16.1. The van der Waals surface area contributed by atoms with E-state index in [1.807, 2.05) is 30.3 Å². The number of hydrogen-bond acceptors (Lipinski definition) is 5. The zero-order valence-corrected chi connectivity index (χ0v) is 14.3. The summed E-state index contributed by atoms with van der Waals surface area (Å²) in [6.07, 6.45) is 7.71. The van der Waals surface area contributed by atoms with Crippen LogP contribution in [0.4, 0.5) is 0 Å². The fraction of sp³-hybridized carbons (Fsp3) is 0.632. The Kier molecular flexibility index (Phi) is 3.30. The summed E-state index contributed by atoms with van der Waals surface area (Å²) in [6.45, 7) is 0. The monoisotopic (exact) mass is 337 g/mol. The van der Waals surface area contributed by atoms with E-state index in [0.29, 0.717) is 0 Å². The summed E-state index contributed by atoms with van der Waals surface area (Å²) in [5, 5.41) is 19.2. The molecular formula is C19H23N5O. The fourth-order valence-electron chi connectivity index (χ4n) is 6.03. The van der Waals surface area contributed by atoms with Gasteiger partial charge in [0.1, 0.15) is 0 Å². The van der Waals surface area contributed by atoms with Crippen molar-refractivity contribution >= 4 is 5.91 Å². The first-order valence-electron chi connectivity index (χ1n) is 9.35. The standard InChI is InChI=1S/C19H23N5O/c25-17(12-19(21-23-24-22-19)16-4-2-1-3-5-16)20-18-9-13-6-14(10-18)8-15(7-13)11-18/h1-5,13-15H,6-12H2,(H,20,25). The van der Waals surface area contributed by atoms with E-state index >= 15 is 0 Å². The maximum Gasteiger partial charge on any atom is 0.228 e. The van der Waals surface area contributed by atoms with E-state index in [0.717, 1.165) is 42.6 Å². The third kappa shape index (κ3) is 2.58. The molecule has 4 aliphatic carbocycles. The highest BCUT2D eigenvalue weighted by Crippen LogP contribution is 2.55. The summed E-state index contributed by atoms with van der Waals surface area (Å²) in [6, 6.07) is 9.66. The van der Waals surface area contributed by atoms with Gasteiger partial charge in [-0.2, -0.15) is 0 Å². The number of benzene rings is 1. The van der Waals surface area contributed by atoms with Gasteiger partial charge in [0, 0.05) is 11.1 Å². The Labute approximate surface area is 147 Å². The largest absolute Gasteiger partial charge is 0.350 e. The molecule has 1 N–H and O–H groups in total. The van der Waals surface area contributed by atoms with Crippen LogP contribution in [0, 0.1) is 17.8 Å². The molecule has 6 nitrogen and oxygen atoms in total. The van der Waals surface area contributed by atoms with Gasteiger partial charge in [0.15, 0.2) is 0 Å². The second-order valence-electron chi connectivity index (χ2n) is 8.48. The molecule has 130 valence electrons. The molecule has 5 aliphatic rings. The van der Waals surface area contributed by atoms with Crippen LogP contribution >= 0.6 is 0 Å². The van der Waals surface area contributed by atoms with Gasteiger partial charge in [-0.1, -0.05) is 30.3 Å². The minimum absolute atomic E-state index is 0.0105. The molecule has 0 radical (unpaired) electrons. The molecule has 1 amide bonds. The predicted octanol–water partition coefficient (Wildman–Crippen LogP) is 4.15. The lowest BCUT2D eigenvalue weighted by Crippen LogP contribution is -2.60. The van der Waals surface area contributed by atoms with Gasteiger partial charge in [0.05, 0.1) is 6.42 Å². The molecule has 1 heterocycles. The second kappa shape index (κ2) is 5.44. The van der Waals surface area contributed by atoms with Gasteiger partial charge < -0.3 is 5.32 Å². The zero-order valence-electron chi connectivity index (χ0n) is 14.3. The summed E-state index contributed by atoms with van der Waals surface area (Å²) >= 11 is 0. The first-order chi connectivity index (χ1) is 12.1. The smallest absolute Gasteiger partial charge is 0.228 e. The molecule has 1 aliphatic heterocycles. The highest BCUT2D eigenvalue weighted by Gasteiger charge is 2.52. The van der Waals surface area contributed by atoms with Crippen molar-refractivity contribution in [2.75, 3.05) is 0 Å². The molecule has 0 spiro atoms. The Morgan fingerprint density at radius 3 is 2.08 bits per heavy atom. The first-order valence-corrected chi connectivity index (χ1v) is 9.35. The van der Waals surface area contributed by atoms with Crippen LogP contribution in [0.3, 0.4) is 0 Å². The first kappa shape index (κ1) is 15.2. The molecule has 6 heteroatoms. The molecule has 1 aromatic rings. The van der Waals surface area contributed by atoms with Crippen LogP contribution in [0.15, 0.2) is 51.0 Å². The van der Waals surface area contributed by atoms with Crippen molar-refractivity contribution in [3.8, 4) is 0 Å². The third-order valence-corrected chi connectivity index (χ3v) is 6.55. The van der Waals surface area contributed by atoms with E-state index in [1.165, 1.54) is 19.3 Å². The van der Waals surface area contributed by atoms with Crippen LogP contribution in [0.5, 0.6) is 0 Å². The summed E-state index contributed by atoms with van der Waals surface area (Å²) in [5.41, 5.74) is -0.120. The quantitative estimate of drug-likeness (QED) is 0.880. The van der Waals surface area contributed by atoms with Crippen LogP contribution < -0.4 is 5.32 Å². The molecule has 1 aromatic carbocycles. The summed E-state index contributed by atoms with van der Waals surface area (Å²) in [4.78, 5) is 12.9. The van der Waals surface area contributed by atoms with E-state index in [9.17, 15) is 4.79 Å². The molecule has 4 saturated carbocycles. The molecule has 6 rings (SSSR count). The summed E-state index contributed by atoms with van der Waals surface area (Å²) in [7, 11) is 0. The predicted molar refractivity (Wildman–Crippen MR) is 91.5 cm³/mol. The molecule has 4 fully saturated rings. The number of carbonyl (C=O) groups is 1. The maximum absolute atomic E-state index is 12.9. The van der Waals surface area contributed by atoms with Crippen molar-refractivity contribution < 1.29 is 4.79 Å². The van der Waals surface area contributed by atoms with Gasteiger partial charge in [0.25, 0.3) is 0 Å². The highest BCUT2D eigenvalue weighted by molar-refractivity contribution is 5.78. The Hall–Kier alpha value is -2.11. The van der Waals surface area contributed by atoms with Crippen LogP contribution in [0.1, 0.15) is 50.5 Å². The molecule has 0 atom stereocenters. The van der Waals surface area contributed by atoms with Gasteiger partial charge in [-0.3, -0.25) is 4.79 Å². The summed E-state index contributed by atoms with van der Waals surface area (Å²) in [5.74, 6) is 2.44. The molecule has 4 bridgehead atoms. The average molecular weight is 337 g/mol. The Bertz CT molecular complexity index is 694. The number of amides is 1. The zero-order chi connectivity index (χ0) is 16.9. The number of nitrogens with zero attached hydrogens (tertiary/aromatic N) is 4. The lowest BCUT2D eigenvalue weighted by Gasteiger charge is -2.57. The van der Waals surface area contributed by atoms with E-state index in [2.05, 4.69) is 26.0 Å². The summed E-state index contributed by atoms with van der Waals surface area (Å²) < 4.78 is 0. The van der Waals surface area contributed by atoms with Crippen LogP contribution in [-0.4, -0.2) is 11.4 Å².